The van der Waals surface area contributed by atoms with Crippen LogP contribution in [0.3, 0.4) is 0 Å². The van der Waals surface area contributed by atoms with Crippen molar-refractivity contribution in [2.75, 3.05) is 25.9 Å². The van der Waals surface area contributed by atoms with Crippen molar-refractivity contribution in [3.8, 4) is 0 Å². The van der Waals surface area contributed by atoms with Crippen LogP contribution in [0.1, 0.15) is 18.9 Å². The molecule has 1 heterocycles. The van der Waals surface area contributed by atoms with Gasteiger partial charge in [-0.2, -0.15) is 0 Å². The fraction of sp³-hybridized carbons (Fsp3) is 0.471. The number of esters is 1. The molecule has 0 saturated carbocycles. The fourth-order valence-corrected chi connectivity index (χ4v) is 3.31. The monoisotopic (exact) mass is 368 g/mol. The highest BCUT2D eigenvalue weighted by Crippen LogP contribution is 2.17. The van der Waals surface area contributed by atoms with Gasteiger partial charge in [-0.15, -0.1) is 0 Å². The van der Waals surface area contributed by atoms with E-state index in [4.69, 9.17) is 4.74 Å². The van der Waals surface area contributed by atoms with Gasteiger partial charge in [0.05, 0.1) is 6.42 Å². The van der Waals surface area contributed by atoms with Gasteiger partial charge in [-0.3, -0.25) is 14.4 Å². The lowest BCUT2D eigenvalue weighted by Gasteiger charge is -2.22. The molecule has 136 valence electrons. The number of carbonyl (C=O) groups is 3. The summed E-state index contributed by atoms with van der Waals surface area (Å²) < 4.78 is 18.3. The second kappa shape index (κ2) is 8.84. The molecule has 1 aromatic carbocycles. The molecule has 1 aliphatic rings. The van der Waals surface area contributed by atoms with Crippen molar-refractivity contribution in [1.82, 2.24) is 9.80 Å². The van der Waals surface area contributed by atoms with Crippen molar-refractivity contribution in [1.29, 1.82) is 0 Å². The smallest absolute Gasteiger partial charge is 0.308 e. The Balaban J connectivity index is 1.78. The molecule has 25 heavy (non-hydrogen) atoms. The number of benzene rings is 1. The largest absolute Gasteiger partial charge is 0.452 e. The van der Waals surface area contributed by atoms with Gasteiger partial charge in [0, 0.05) is 32.4 Å². The van der Waals surface area contributed by atoms with E-state index >= 15 is 0 Å². The number of likely N-dealkylation sites (N-methyl/N-ethyl adjacent to an activating group) is 1. The molecule has 1 aliphatic heterocycles. The first-order valence-electron chi connectivity index (χ1n) is 7.97. The predicted octanol–water partition coefficient (Wildman–Crippen LogP) is 2.27. The van der Waals surface area contributed by atoms with Crippen LogP contribution in [0.4, 0.5) is 9.18 Å². The first kappa shape index (κ1) is 19.2. The van der Waals surface area contributed by atoms with Gasteiger partial charge in [0.1, 0.15) is 5.82 Å². The highest BCUT2D eigenvalue weighted by molar-refractivity contribution is 8.13. The standard InChI is InChI=1S/C17H21FN2O4S/c1-12(24-15(21)6-7-20-8-9-25-17(20)23)16(22)19(2)11-13-4-3-5-14(18)10-13/h3-5,10,12H,6-9,11H2,1-2H3. The molecular formula is C17H21FN2O4S. The number of thioether (sulfide) groups is 1. The summed E-state index contributed by atoms with van der Waals surface area (Å²) in [5.74, 6) is -0.532. The zero-order chi connectivity index (χ0) is 18.4. The van der Waals surface area contributed by atoms with Gasteiger partial charge in [0.25, 0.3) is 11.1 Å². The van der Waals surface area contributed by atoms with Crippen molar-refractivity contribution in [2.45, 2.75) is 26.0 Å². The minimum absolute atomic E-state index is 0.0354. The molecule has 8 heteroatoms. The topological polar surface area (TPSA) is 66.9 Å². The van der Waals surface area contributed by atoms with Gasteiger partial charge in [-0.1, -0.05) is 23.9 Å². The maximum absolute atomic E-state index is 13.2. The number of ether oxygens (including phenoxy) is 1. The van der Waals surface area contributed by atoms with Crippen molar-refractivity contribution >= 4 is 28.9 Å². The number of rotatable bonds is 7. The molecule has 0 aliphatic carbocycles. The highest BCUT2D eigenvalue weighted by Gasteiger charge is 2.24. The number of nitrogens with zero attached hydrogens (tertiary/aromatic N) is 2. The predicted molar refractivity (Wildman–Crippen MR) is 92.5 cm³/mol. The van der Waals surface area contributed by atoms with Crippen LogP contribution in [-0.4, -0.2) is 58.9 Å². The SMILES string of the molecule is CC(OC(=O)CCN1CCSC1=O)C(=O)N(C)Cc1cccc(F)c1. The van der Waals surface area contributed by atoms with E-state index in [2.05, 4.69) is 0 Å². The second-order valence-corrected chi connectivity index (χ2v) is 6.85. The fourth-order valence-electron chi connectivity index (χ4n) is 2.46. The molecule has 1 unspecified atom stereocenters. The molecule has 2 rings (SSSR count). The van der Waals surface area contributed by atoms with Crippen LogP contribution in [0.25, 0.3) is 0 Å². The molecule has 6 nitrogen and oxygen atoms in total. The zero-order valence-electron chi connectivity index (χ0n) is 14.2. The van der Waals surface area contributed by atoms with Gasteiger partial charge in [0.15, 0.2) is 6.10 Å². The first-order chi connectivity index (χ1) is 11.9. The number of hydrogen-bond donors (Lipinski definition) is 0. The summed E-state index contributed by atoms with van der Waals surface area (Å²) in [5, 5.41) is -0.0354. The molecule has 0 radical (unpaired) electrons. The number of halogens is 1. The van der Waals surface area contributed by atoms with E-state index in [-0.39, 0.29) is 29.9 Å². The molecule has 0 aromatic heterocycles. The molecule has 1 atom stereocenters. The average molecular weight is 368 g/mol. The molecule has 0 spiro atoms. The van der Waals surface area contributed by atoms with Crippen LogP contribution in [0.15, 0.2) is 24.3 Å². The summed E-state index contributed by atoms with van der Waals surface area (Å²) in [6.07, 6.45) is -0.882. The highest BCUT2D eigenvalue weighted by atomic mass is 32.2. The van der Waals surface area contributed by atoms with E-state index in [0.717, 1.165) is 5.75 Å². The first-order valence-corrected chi connectivity index (χ1v) is 8.96. The Labute approximate surface area is 150 Å². The molecule has 2 amide bonds. The number of hydrogen-bond acceptors (Lipinski definition) is 5. The molecule has 1 fully saturated rings. The Hall–Kier alpha value is -2.09. The minimum atomic E-state index is -0.935. The van der Waals surface area contributed by atoms with E-state index < -0.39 is 12.1 Å². The lowest BCUT2D eigenvalue weighted by molar-refractivity contribution is -0.158. The van der Waals surface area contributed by atoms with Crippen molar-refractivity contribution in [3.63, 3.8) is 0 Å². The van der Waals surface area contributed by atoms with Crippen LogP contribution in [-0.2, 0) is 20.9 Å². The second-order valence-electron chi connectivity index (χ2n) is 5.81. The van der Waals surface area contributed by atoms with E-state index in [9.17, 15) is 18.8 Å². The summed E-state index contributed by atoms with van der Waals surface area (Å²) in [6.45, 7) is 2.64. The average Bonchev–Trinajstić information content (AvgIpc) is 2.97. The van der Waals surface area contributed by atoms with Crippen LogP contribution >= 0.6 is 11.8 Å². The normalized spacial score (nSPS) is 15.2. The number of carbonyl (C=O) groups excluding carboxylic acids is 3. The van der Waals surface area contributed by atoms with Gasteiger partial charge in [-0.05, 0) is 24.6 Å². The summed E-state index contributed by atoms with van der Waals surface area (Å²) in [6, 6.07) is 5.98. The molecule has 1 aromatic rings. The Morgan fingerprint density at radius 2 is 2.20 bits per heavy atom. The lowest BCUT2D eigenvalue weighted by atomic mass is 10.2. The van der Waals surface area contributed by atoms with Crippen LogP contribution in [0.5, 0.6) is 0 Å². The third kappa shape index (κ3) is 5.74. The Bertz CT molecular complexity index is 655. The molecule has 1 saturated heterocycles. The van der Waals surface area contributed by atoms with Crippen LogP contribution < -0.4 is 0 Å². The summed E-state index contributed by atoms with van der Waals surface area (Å²) in [5.41, 5.74) is 0.652. The van der Waals surface area contributed by atoms with Crippen molar-refractivity contribution < 1.29 is 23.5 Å². The van der Waals surface area contributed by atoms with Gasteiger partial charge in [-0.25, -0.2) is 4.39 Å². The Morgan fingerprint density at radius 3 is 2.84 bits per heavy atom. The molecular weight excluding hydrogens is 347 g/mol. The quantitative estimate of drug-likeness (QED) is 0.691. The van der Waals surface area contributed by atoms with Crippen molar-refractivity contribution in [3.05, 3.63) is 35.6 Å². The van der Waals surface area contributed by atoms with E-state index in [1.54, 1.807) is 24.1 Å². The third-order valence-corrected chi connectivity index (χ3v) is 4.66. The summed E-state index contributed by atoms with van der Waals surface area (Å²) in [7, 11) is 1.57. The number of amides is 2. The molecule has 0 N–H and O–H groups in total. The zero-order valence-corrected chi connectivity index (χ0v) is 15.1. The summed E-state index contributed by atoms with van der Waals surface area (Å²) >= 11 is 1.23. The maximum atomic E-state index is 13.2. The van der Waals surface area contributed by atoms with E-state index in [1.165, 1.54) is 35.7 Å². The Morgan fingerprint density at radius 1 is 1.44 bits per heavy atom. The third-order valence-electron chi connectivity index (χ3n) is 3.77. The summed E-state index contributed by atoms with van der Waals surface area (Å²) in [4.78, 5) is 38.6. The maximum Gasteiger partial charge on any atom is 0.308 e. The van der Waals surface area contributed by atoms with Crippen LogP contribution in [0.2, 0.25) is 0 Å². The lowest BCUT2D eigenvalue weighted by Crippen LogP contribution is -2.37. The van der Waals surface area contributed by atoms with Gasteiger partial charge < -0.3 is 14.5 Å². The van der Waals surface area contributed by atoms with E-state index in [0.29, 0.717) is 18.7 Å². The van der Waals surface area contributed by atoms with Gasteiger partial charge >= 0.3 is 5.97 Å². The van der Waals surface area contributed by atoms with Crippen LogP contribution in [0, 0.1) is 5.82 Å². The van der Waals surface area contributed by atoms with E-state index in [1.807, 2.05) is 0 Å². The van der Waals surface area contributed by atoms with Crippen molar-refractivity contribution in [2.24, 2.45) is 0 Å². The Kier molecular flexibility index (Phi) is 6.81. The minimum Gasteiger partial charge on any atom is -0.452 e. The molecule has 0 bridgehead atoms. The van der Waals surface area contributed by atoms with Gasteiger partial charge in [0.2, 0.25) is 0 Å².